The SMILES string of the molecule is NC(=O)c1c(-c2ccc(Cl)cc2Cl)csc1NC(=O)c1cc2cc(Br)ccc2oc1=O. The van der Waals surface area contributed by atoms with Crippen molar-refractivity contribution >= 4 is 78.3 Å². The van der Waals surface area contributed by atoms with Gasteiger partial charge in [-0.3, -0.25) is 9.59 Å². The van der Waals surface area contributed by atoms with E-state index in [9.17, 15) is 14.4 Å². The predicted octanol–water partition coefficient (Wildman–Crippen LogP) is 5.94. The number of amides is 2. The number of hydrogen-bond acceptors (Lipinski definition) is 5. The molecule has 0 spiro atoms. The summed E-state index contributed by atoms with van der Waals surface area (Å²) in [6.45, 7) is 0. The topological polar surface area (TPSA) is 102 Å². The zero-order valence-corrected chi connectivity index (χ0v) is 19.3. The smallest absolute Gasteiger partial charge is 0.349 e. The Kier molecular flexibility index (Phi) is 5.90. The van der Waals surface area contributed by atoms with Crippen LogP contribution >= 0.6 is 50.5 Å². The number of carbonyl (C=O) groups is 2. The lowest BCUT2D eigenvalue weighted by atomic mass is 10.0. The highest BCUT2D eigenvalue weighted by atomic mass is 79.9. The number of nitrogens with two attached hydrogens (primary N) is 1. The maximum Gasteiger partial charge on any atom is 0.349 e. The molecule has 0 bridgehead atoms. The van der Waals surface area contributed by atoms with Crippen molar-refractivity contribution in [3.8, 4) is 11.1 Å². The van der Waals surface area contributed by atoms with Crippen LogP contribution in [-0.4, -0.2) is 11.8 Å². The first-order valence-electron chi connectivity index (χ1n) is 8.66. The summed E-state index contributed by atoms with van der Waals surface area (Å²) in [5, 5.41) is 5.75. The lowest BCUT2D eigenvalue weighted by Gasteiger charge is -2.08. The second-order valence-electron chi connectivity index (χ2n) is 6.43. The van der Waals surface area contributed by atoms with Crippen molar-refractivity contribution in [3.63, 3.8) is 0 Å². The first-order valence-corrected chi connectivity index (χ1v) is 11.1. The van der Waals surface area contributed by atoms with E-state index in [1.54, 1.807) is 35.7 Å². The molecule has 4 aromatic rings. The molecule has 156 valence electrons. The molecule has 0 aliphatic heterocycles. The van der Waals surface area contributed by atoms with Crippen LogP contribution < -0.4 is 16.7 Å². The fourth-order valence-corrected chi connectivity index (χ4v) is 4.87. The van der Waals surface area contributed by atoms with Crippen molar-refractivity contribution in [1.29, 1.82) is 0 Å². The van der Waals surface area contributed by atoms with E-state index in [2.05, 4.69) is 21.2 Å². The molecule has 0 unspecified atom stereocenters. The van der Waals surface area contributed by atoms with Gasteiger partial charge in [0.1, 0.15) is 16.1 Å². The van der Waals surface area contributed by atoms with Crippen molar-refractivity contribution in [2.75, 3.05) is 5.32 Å². The Morgan fingerprint density at radius 1 is 1.06 bits per heavy atom. The third-order valence-electron chi connectivity index (χ3n) is 4.42. The molecule has 0 saturated heterocycles. The summed E-state index contributed by atoms with van der Waals surface area (Å²) in [5.74, 6) is -1.49. The number of carbonyl (C=O) groups excluding carboxylic acids is 2. The number of thiophene rings is 1. The molecule has 0 atom stereocenters. The van der Waals surface area contributed by atoms with E-state index in [-0.39, 0.29) is 16.1 Å². The quantitative estimate of drug-likeness (QED) is 0.314. The first-order chi connectivity index (χ1) is 14.7. The van der Waals surface area contributed by atoms with Gasteiger partial charge < -0.3 is 15.5 Å². The van der Waals surface area contributed by atoms with Gasteiger partial charge in [0.15, 0.2) is 0 Å². The maximum atomic E-state index is 12.8. The average molecular weight is 538 g/mol. The number of nitrogens with one attached hydrogen (secondary N) is 1. The van der Waals surface area contributed by atoms with Gasteiger partial charge in [-0.2, -0.15) is 0 Å². The number of halogens is 3. The Hall–Kier alpha value is -2.65. The number of anilines is 1. The summed E-state index contributed by atoms with van der Waals surface area (Å²) in [5.41, 5.74) is 5.97. The van der Waals surface area contributed by atoms with Crippen LogP contribution in [-0.2, 0) is 0 Å². The predicted molar refractivity (Wildman–Crippen MR) is 126 cm³/mol. The average Bonchev–Trinajstić information content (AvgIpc) is 3.11. The zero-order chi connectivity index (χ0) is 22.3. The standard InChI is InChI=1S/C21H11BrCl2N2O4S/c22-10-1-4-16-9(5-10)6-13(21(29)30-16)19(28)26-20-17(18(25)27)14(8-31-20)12-3-2-11(23)7-15(12)24/h1-8H,(H2,25,27)(H,26,28). The molecule has 3 N–H and O–H groups in total. The van der Waals surface area contributed by atoms with Gasteiger partial charge in [0, 0.05) is 36.4 Å². The summed E-state index contributed by atoms with van der Waals surface area (Å²) in [6.07, 6.45) is 0. The third kappa shape index (κ3) is 4.24. The minimum absolute atomic E-state index is 0.0792. The maximum absolute atomic E-state index is 12.8. The van der Waals surface area contributed by atoms with Crippen LogP contribution in [0.2, 0.25) is 10.0 Å². The Balaban J connectivity index is 1.75. The highest BCUT2D eigenvalue weighted by Crippen LogP contribution is 2.39. The summed E-state index contributed by atoms with van der Waals surface area (Å²) in [7, 11) is 0. The van der Waals surface area contributed by atoms with E-state index >= 15 is 0 Å². The van der Waals surface area contributed by atoms with Crippen LogP contribution in [0.3, 0.4) is 0 Å². The zero-order valence-electron chi connectivity index (χ0n) is 15.4. The second-order valence-corrected chi connectivity index (χ2v) is 9.06. The fraction of sp³-hybridized carbons (Fsp3) is 0. The van der Waals surface area contributed by atoms with Gasteiger partial charge >= 0.3 is 5.63 Å². The molecular weight excluding hydrogens is 527 g/mol. The van der Waals surface area contributed by atoms with Gasteiger partial charge in [0.05, 0.1) is 5.56 Å². The summed E-state index contributed by atoms with van der Waals surface area (Å²) in [4.78, 5) is 37.3. The highest BCUT2D eigenvalue weighted by molar-refractivity contribution is 9.10. The van der Waals surface area contributed by atoms with E-state index in [1.165, 1.54) is 12.1 Å². The molecule has 4 rings (SSSR count). The minimum Gasteiger partial charge on any atom is -0.422 e. The normalized spacial score (nSPS) is 10.9. The van der Waals surface area contributed by atoms with Gasteiger partial charge in [-0.05, 0) is 36.4 Å². The fourth-order valence-electron chi connectivity index (χ4n) is 3.02. The Labute approximate surface area is 197 Å². The summed E-state index contributed by atoms with van der Waals surface area (Å²) >= 11 is 16.6. The second kappa shape index (κ2) is 8.47. The van der Waals surface area contributed by atoms with Crippen molar-refractivity contribution in [1.82, 2.24) is 0 Å². The van der Waals surface area contributed by atoms with Crippen LogP contribution in [0.5, 0.6) is 0 Å². The van der Waals surface area contributed by atoms with Crippen LogP contribution in [0.15, 0.2) is 61.5 Å². The van der Waals surface area contributed by atoms with Gasteiger partial charge in [-0.25, -0.2) is 4.79 Å². The van der Waals surface area contributed by atoms with Gasteiger partial charge in [0.25, 0.3) is 11.8 Å². The molecule has 2 aromatic carbocycles. The molecule has 0 saturated carbocycles. The molecule has 2 aromatic heterocycles. The molecular formula is C21H11BrCl2N2O4S. The van der Waals surface area contributed by atoms with Crippen molar-refractivity contribution in [2.24, 2.45) is 5.73 Å². The molecule has 0 fully saturated rings. The highest BCUT2D eigenvalue weighted by Gasteiger charge is 2.23. The molecule has 6 nitrogen and oxygen atoms in total. The van der Waals surface area contributed by atoms with E-state index in [0.29, 0.717) is 32.1 Å². The van der Waals surface area contributed by atoms with Crippen molar-refractivity contribution in [2.45, 2.75) is 0 Å². The molecule has 31 heavy (non-hydrogen) atoms. The van der Waals surface area contributed by atoms with Crippen molar-refractivity contribution < 1.29 is 14.0 Å². The number of primary amides is 1. The molecule has 0 aliphatic carbocycles. The first kappa shape index (κ1) is 21.6. The Bertz CT molecular complexity index is 1430. The number of fused-ring (bicyclic) bond motifs is 1. The lowest BCUT2D eigenvalue weighted by molar-refractivity contribution is 0.100. The molecule has 0 radical (unpaired) electrons. The van der Waals surface area contributed by atoms with Gasteiger partial charge in [-0.15, -0.1) is 11.3 Å². The Morgan fingerprint density at radius 2 is 1.84 bits per heavy atom. The monoisotopic (exact) mass is 536 g/mol. The molecule has 2 heterocycles. The molecule has 0 aliphatic rings. The number of hydrogen-bond donors (Lipinski definition) is 2. The lowest BCUT2D eigenvalue weighted by Crippen LogP contribution is -2.22. The van der Waals surface area contributed by atoms with E-state index < -0.39 is 17.4 Å². The summed E-state index contributed by atoms with van der Waals surface area (Å²) < 4.78 is 5.99. The van der Waals surface area contributed by atoms with Crippen molar-refractivity contribution in [3.05, 3.63) is 83.9 Å². The van der Waals surface area contributed by atoms with Crippen LogP contribution in [0.25, 0.3) is 22.1 Å². The van der Waals surface area contributed by atoms with Crippen LogP contribution in [0.4, 0.5) is 5.00 Å². The van der Waals surface area contributed by atoms with E-state index in [4.69, 9.17) is 33.4 Å². The Morgan fingerprint density at radius 3 is 2.55 bits per heavy atom. The van der Waals surface area contributed by atoms with E-state index in [0.717, 1.165) is 15.8 Å². The third-order valence-corrected chi connectivity index (χ3v) is 6.36. The minimum atomic E-state index is -0.800. The molecule has 10 heteroatoms. The van der Waals surface area contributed by atoms with Crippen LogP contribution in [0, 0.1) is 0 Å². The van der Waals surface area contributed by atoms with E-state index in [1.807, 2.05) is 0 Å². The number of rotatable bonds is 4. The van der Waals surface area contributed by atoms with Crippen LogP contribution in [0.1, 0.15) is 20.7 Å². The number of benzene rings is 2. The molecule has 2 amide bonds. The largest absolute Gasteiger partial charge is 0.422 e. The van der Waals surface area contributed by atoms with Gasteiger partial charge in [0.2, 0.25) is 0 Å². The van der Waals surface area contributed by atoms with Gasteiger partial charge in [-0.1, -0.05) is 45.2 Å². The summed E-state index contributed by atoms with van der Waals surface area (Å²) in [6, 6.07) is 11.3.